The maximum Gasteiger partial charge on any atom is 0.237 e. The van der Waals surface area contributed by atoms with Crippen molar-refractivity contribution in [2.24, 2.45) is 0 Å². The van der Waals surface area contributed by atoms with Crippen LogP contribution in [0.5, 0.6) is 0 Å². The first-order chi connectivity index (χ1) is 7.70. The molecule has 0 bridgehead atoms. The Kier molecular flexibility index (Phi) is 5.77. The monoisotopic (exact) mass is 228 g/mol. The quantitative estimate of drug-likeness (QED) is 0.690. The first-order valence-corrected chi connectivity index (χ1v) is 6.21. The molecule has 2 atom stereocenters. The Balaban J connectivity index is 2.33. The molecule has 1 N–H and O–H groups in total. The zero-order chi connectivity index (χ0) is 12.0. The summed E-state index contributed by atoms with van der Waals surface area (Å²) in [6.45, 7) is 6.12. The van der Waals surface area contributed by atoms with Crippen LogP contribution in [0.1, 0.15) is 33.1 Å². The van der Waals surface area contributed by atoms with Gasteiger partial charge in [0, 0.05) is 25.7 Å². The van der Waals surface area contributed by atoms with Gasteiger partial charge in [-0.3, -0.25) is 4.79 Å². The maximum atomic E-state index is 12.0. The van der Waals surface area contributed by atoms with Gasteiger partial charge in [0.2, 0.25) is 5.91 Å². The average Bonchev–Trinajstić information content (AvgIpc) is 2.65. The van der Waals surface area contributed by atoms with E-state index in [0.717, 1.165) is 25.8 Å². The lowest BCUT2D eigenvalue weighted by molar-refractivity contribution is -0.132. The van der Waals surface area contributed by atoms with E-state index < -0.39 is 0 Å². The summed E-state index contributed by atoms with van der Waals surface area (Å²) in [5, 5.41) is 3.11. The van der Waals surface area contributed by atoms with Gasteiger partial charge in [-0.2, -0.15) is 0 Å². The molecule has 1 saturated heterocycles. The second-order valence-corrected chi connectivity index (χ2v) is 4.46. The molecule has 0 aromatic heterocycles. The molecule has 4 heteroatoms. The minimum absolute atomic E-state index is 0.230. The van der Waals surface area contributed by atoms with Gasteiger partial charge >= 0.3 is 0 Å². The van der Waals surface area contributed by atoms with Gasteiger partial charge < -0.3 is 15.0 Å². The normalized spacial score (nSPS) is 25.1. The average molecular weight is 228 g/mol. The van der Waals surface area contributed by atoms with Crippen LogP contribution in [0.15, 0.2) is 0 Å². The number of nitrogens with one attached hydrogen (secondary N) is 1. The Hall–Kier alpha value is -0.610. The van der Waals surface area contributed by atoms with Gasteiger partial charge in [-0.1, -0.05) is 6.92 Å². The molecule has 0 spiro atoms. The van der Waals surface area contributed by atoms with Gasteiger partial charge in [-0.05, 0) is 26.2 Å². The van der Waals surface area contributed by atoms with E-state index >= 15 is 0 Å². The third-order valence-corrected chi connectivity index (χ3v) is 3.30. The highest BCUT2D eigenvalue weighted by Gasteiger charge is 2.32. The molecule has 1 amide bonds. The fourth-order valence-corrected chi connectivity index (χ4v) is 2.38. The van der Waals surface area contributed by atoms with E-state index in [1.807, 2.05) is 0 Å². The van der Waals surface area contributed by atoms with E-state index in [1.165, 1.54) is 0 Å². The van der Waals surface area contributed by atoms with E-state index in [0.29, 0.717) is 25.2 Å². The highest BCUT2D eigenvalue weighted by molar-refractivity contribution is 5.79. The highest BCUT2D eigenvalue weighted by atomic mass is 16.5. The number of rotatable bonds is 6. The molecule has 1 aliphatic heterocycles. The van der Waals surface area contributed by atoms with Crippen LogP contribution in [0.25, 0.3) is 0 Å². The van der Waals surface area contributed by atoms with E-state index in [-0.39, 0.29) is 5.91 Å². The van der Waals surface area contributed by atoms with Crippen LogP contribution < -0.4 is 5.32 Å². The van der Waals surface area contributed by atoms with Crippen LogP contribution in [-0.4, -0.2) is 49.7 Å². The van der Waals surface area contributed by atoms with Crippen molar-refractivity contribution in [2.75, 3.05) is 26.8 Å². The van der Waals surface area contributed by atoms with Gasteiger partial charge in [0.15, 0.2) is 0 Å². The summed E-state index contributed by atoms with van der Waals surface area (Å²) in [4.78, 5) is 14.1. The summed E-state index contributed by atoms with van der Waals surface area (Å²) >= 11 is 0. The zero-order valence-corrected chi connectivity index (χ0v) is 10.7. The standard InChI is InChI=1S/C12H24N2O2/c1-4-11-6-5-10(2)14(11)12(15)9-13-7-8-16-3/h10-11,13H,4-9H2,1-3H3. The molecule has 16 heavy (non-hydrogen) atoms. The van der Waals surface area contributed by atoms with Gasteiger partial charge in [0.25, 0.3) is 0 Å². The molecular weight excluding hydrogens is 204 g/mol. The molecule has 0 aromatic rings. The summed E-state index contributed by atoms with van der Waals surface area (Å²) in [5.74, 6) is 0.230. The molecule has 4 nitrogen and oxygen atoms in total. The second-order valence-electron chi connectivity index (χ2n) is 4.46. The fraction of sp³-hybridized carbons (Fsp3) is 0.917. The summed E-state index contributed by atoms with van der Waals surface area (Å²) < 4.78 is 4.93. The summed E-state index contributed by atoms with van der Waals surface area (Å²) in [6.07, 6.45) is 3.36. The number of carbonyl (C=O) groups excluding carboxylic acids is 1. The van der Waals surface area contributed by atoms with E-state index in [9.17, 15) is 4.79 Å². The van der Waals surface area contributed by atoms with Gasteiger partial charge in [-0.15, -0.1) is 0 Å². The molecule has 1 rings (SSSR count). The maximum absolute atomic E-state index is 12.0. The van der Waals surface area contributed by atoms with Crippen LogP contribution in [0.3, 0.4) is 0 Å². The third kappa shape index (κ3) is 3.46. The van der Waals surface area contributed by atoms with Crippen molar-refractivity contribution in [2.45, 2.75) is 45.2 Å². The Morgan fingerprint density at radius 1 is 1.50 bits per heavy atom. The third-order valence-electron chi connectivity index (χ3n) is 3.30. The molecular formula is C12H24N2O2. The van der Waals surface area contributed by atoms with Crippen molar-refractivity contribution in [3.05, 3.63) is 0 Å². The van der Waals surface area contributed by atoms with Gasteiger partial charge in [0.05, 0.1) is 13.2 Å². The highest BCUT2D eigenvalue weighted by Crippen LogP contribution is 2.25. The number of ether oxygens (including phenoxy) is 1. The lowest BCUT2D eigenvalue weighted by atomic mass is 10.1. The van der Waals surface area contributed by atoms with Crippen LogP contribution in [0.4, 0.5) is 0 Å². The van der Waals surface area contributed by atoms with Gasteiger partial charge in [0.1, 0.15) is 0 Å². The fourth-order valence-electron chi connectivity index (χ4n) is 2.38. The minimum atomic E-state index is 0.230. The molecule has 1 fully saturated rings. The van der Waals surface area contributed by atoms with E-state index in [1.54, 1.807) is 7.11 Å². The molecule has 1 heterocycles. The van der Waals surface area contributed by atoms with Crippen molar-refractivity contribution in [3.63, 3.8) is 0 Å². The van der Waals surface area contributed by atoms with Crippen molar-refractivity contribution in [1.82, 2.24) is 10.2 Å². The Morgan fingerprint density at radius 2 is 2.25 bits per heavy atom. The van der Waals surface area contributed by atoms with Crippen LogP contribution >= 0.6 is 0 Å². The predicted octanol–water partition coefficient (Wildman–Crippen LogP) is 1.01. The van der Waals surface area contributed by atoms with Gasteiger partial charge in [-0.25, -0.2) is 0 Å². The van der Waals surface area contributed by atoms with Crippen molar-refractivity contribution < 1.29 is 9.53 Å². The number of amides is 1. The number of methoxy groups -OCH3 is 1. The number of nitrogens with zero attached hydrogens (tertiary/aromatic N) is 1. The lowest BCUT2D eigenvalue weighted by Crippen LogP contribution is -2.44. The largest absolute Gasteiger partial charge is 0.383 e. The predicted molar refractivity (Wildman–Crippen MR) is 64.4 cm³/mol. The van der Waals surface area contributed by atoms with Crippen molar-refractivity contribution in [1.29, 1.82) is 0 Å². The van der Waals surface area contributed by atoms with Crippen LogP contribution in [0, 0.1) is 0 Å². The molecule has 94 valence electrons. The Labute approximate surface area is 98.3 Å². The number of likely N-dealkylation sites (tertiary alicyclic amines) is 1. The van der Waals surface area contributed by atoms with Crippen molar-refractivity contribution in [3.8, 4) is 0 Å². The molecule has 1 aliphatic rings. The molecule has 0 aliphatic carbocycles. The Bertz CT molecular complexity index is 221. The molecule has 0 aromatic carbocycles. The number of hydrogen-bond donors (Lipinski definition) is 1. The first-order valence-electron chi connectivity index (χ1n) is 6.21. The van der Waals surface area contributed by atoms with E-state index in [2.05, 4.69) is 24.1 Å². The number of hydrogen-bond acceptors (Lipinski definition) is 3. The van der Waals surface area contributed by atoms with E-state index in [4.69, 9.17) is 4.74 Å². The second kappa shape index (κ2) is 6.86. The SMILES string of the molecule is CCC1CCC(C)N1C(=O)CNCCOC. The van der Waals surface area contributed by atoms with Crippen LogP contribution in [0.2, 0.25) is 0 Å². The Morgan fingerprint density at radius 3 is 2.88 bits per heavy atom. The minimum Gasteiger partial charge on any atom is -0.383 e. The summed E-state index contributed by atoms with van der Waals surface area (Å²) in [7, 11) is 1.67. The number of carbonyl (C=O) groups is 1. The summed E-state index contributed by atoms with van der Waals surface area (Å²) in [5.41, 5.74) is 0. The lowest BCUT2D eigenvalue weighted by Gasteiger charge is -2.28. The summed E-state index contributed by atoms with van der Waals surface area (Å²) in [6, 6.07) is 0.855. The molecule has 2 unspecified atom stereocenters. The topological polar surface area (TPSA) is 41.6 Å². The van der Waals surface area contributed by atoms with Crippen LogP contribution in [-0.2, 0) is 9.53 Å². The van der Waals surface area contributed by atoms with Crippen molar-refractivity contribution >= 4 is 5.91 Å². The first kappa shape index (κ1) is 13.5. The molecule has 0 saturated carbocycles. The molecule has 0 radical (unpaired) electrons. The smallest absolute Gasteiger partial charge is 0.237 e. The zero-order valence-electron chi connectivity index (χ0n) is 10.7.